The maximum atomic E-state index is 12.9. The molecule has 5 heteroatoms. The molecule has 1 rings (SSSR count). The minimum atomic E-state index is -3.71. The molecule has 0 aliphatic rings. The molecule has 1 aromatic rings. The van der Waals surface area contributed by atoms with Gasteiger partial charge in [-0.25, -0.2) is 0 Å². The van der Waals surface area contributed by atoms with Crippen molar-refractivity contribution in [1.29, 1.82) is 0 Å². The van der Waals surface area contributed by atoms with Gasteiger partial charge in [0.05, 0.1) is 7.11 Å². The van der Waals surface area contributed by atoms with Crippen LogP contribution in [-0.4, -0.2) is 17.6 Å². The van der Waals surface area contributed by atoms with Gasteiger partial charge in [-0.05, 0) is 42.6 Å². The summed E-state index contributed by atoms with van der Waals surface area (Å²) < 4.78 is 30.7. The number of aliphatic hydroxyl groups excluding tert-OH is 1. The van der Waals surface area contributed by atoms with Gasteiger partial charge in [-0.15, -0.1) is 0 Å². The second kappa shape index (κ2) is 4.55. The van der Waals surface area contributed by atoms with E-state index in [9.17, 15) is 13.9 Å². The van der Waals surface area contributed by atoms with Gasteiger partial charge >= 0.3 is 5.38 Å². The number of methoxy groups -OCH3 is 1. The number of alkyl halides is 3. The van der Waals surface area contributed by atoms with Gasteiger partial charge in [0.25, 0.3) is 0 Å². The Morgan fingerprint density at radius 2 is 1.94 bits per heavy atom. The maximum absolute atomic E-state index is 12.9. The Hall–Kier alpha value is -0.870. The molecule has 2 nitrogen and oxygen atoms in total. The molecule has 0 heterocycles. The van der Waals surface area contributed by atoms with Crippen molar-refractivity contribution in [3.8, 4) is 5.75 Å². The average molecular weight is 251 g/mol. The lowest BCUT2D eigenvalue weighted by Gasteiger charge is -2.21. The quantitative estimate of drug-likeness (QED) is 0.835. The lowest BCUT2D eigenvalue weighted by molar-refractivity contribution is -0.0437. The van der Waals surface area contributed by atoms with Crippen molar-refractivity contribution in [2.45, 2.75) is 25.3 Å². The van der Waals surface area contributed by atoms with E-state index in [1.165, 1.54) is 7.11 Å². The van der Waals surface area contributed by atoms with Gasteiger partial charge in [-0.1, -0.05) is 6.07 Å². The zero-order valence-corrected chi connectivity index (χ0v) is 9.98. The normalized spacial score (nSPS) is 13.7. The van der Waals surface area contributed by atoms with Gasteiger partial charge < -0.3 is 9.84 Å². The van der Waals surface area contributed by atoms with Gasteiger partial charge in [0, 0.05) is 5.56 Å². The van der Waals surface area contributed by atoms with Crippen molar-refractivity contribution in [3.05, 3.63) is 28.8 Å². The first-order valence-electron chi connectivity index (χ1n) is 4.67. The first-order chi connectivity index (χ1) is 7.27. The molecule has 0 saturated heterocycles. The molecule has 1 aromatic carbocycles. The molecule has 0 fully saturated rings. The molecule has 0 spiro atoms. The molecule has 90 valence electrons. The second-order valence-electron chi connectivity index (χ2n) is 3.64. The second-order valence-corrected chi connectivity index (χ2v) is 4.15. The zero-order chi connectivity index (χ0) is 12.5. The van der Waals surface area contributed by atoms with Crippen LogP contribution in [0, 0.1) is 13.8 Å². The predicted molar refractivity (Wildman–Crippen MR) is 58.2 cm³/mol. The number of aliphatic hydroxyl groups is 1. The van der Waals surface area contributed by atoms with Crippen LogP contribution in [0.15, 0.2) is 12.1 Å². The highest BCUT2D eigenvalue weighted by Gasteiger charge is 2.39. The first kappa shape index (κ1) is 13.2. The fourth-order valence-corrected chi connectivity index (χ4v) is 1.73. The van der Waals surface area contributed by atoms with Crippen molar-refractivity contribution in [1.82, 2.24) is 0 Å². The third kappa shape index (κ3) is 2.62. The predicted octanol–water partition coefficient (Wildman–Crippen LogP) is 3.18. The summed E-state index contributed by atoms with van der Waals surface area (Å²) in [6.07, 6.45) is -2.08. The van der Waals surface area contributed by atoms with E-state index < -0.39 is 11.5 Å². The Morgan fingerprint density at radius 1 is 1.38 bits per heavy atom. The zero-order valence-electron chi connectivity index (χ0n) is 9.22. The highest BCUT2D eigenvalue weighted by Crippen LogP contribution is 2.40. The van der Waals surface area contributed by atoms with Crippen LogP contribution in [0.1, 0.15) is 22.8 Å². The molecule has 0 aliphatic carbocycles. The number of ether oxygens (including phenoxy) is 1. The molecule has 1 unspecified atom stereocenters. The molecule has 0 bridgehead atoms. The number of halogens is 3. The minimum absolute atomic E-state index is 0.0214. The van der Waals surface area contributed by atoms with Crippen molar-refractivity contribution < 1.29 is 18.6 Å². The highest BCUT2D eigenvalue weighted by molar-refractivity contribution is 6.22. The molecule has 0 amide bonds. The molecule has 1 N–H and O–H groups in total. The maximum Gasteiger partial charge on any atom is 0.351 e. The SMILES string of the molecule is COc1cc(C)cc(C)c1C(O)C(F)(F)Cl. The molecule has 1 atom stereocenters. The van der Waals surface area contributed by atoms with Gasteiger partial charge in [-0.2, -0.15) is 8.78 Å². The third-order valence-corrected chi connectivity index (χ3v) is 2.50. The standard InChI is InChI=1S/C11H13ClF2O2/c1-6-4-7(2)9(8(5-6)16-3)10(15)11(12,13)14/h4-5,10,15H,1-3H3. The van der Waals surface area contributed by atoms with E-state index in [1.807, 2.05) is 6.92 Å². The fraction of sp³-hybridized carbons (Fsp3) is 0.455. The van der Waals surface area contributed by atoms with E-state index in [1.54, 1.807) is 19.1 Å². The average Bonchev–Trinajstić information content (AvgIpc) is 2.14. The highest BCUT2D eigenvalue weighted by atomic mass is 35.5. The van der Waals surface area contributed by atoms with Crippen molar-refractivity contribution in [2.75, 3.05) is 7.11 Å². The summed E-state index contributed by atoms with van der Waals surface area (Å²) in [7, 11) is 1.36. The van der Waals surface area contributed by atoms with Crippen molar-refractivity contribution >= 4 is 11.6 Å². The van der Waals surface area contributed by atoms with Crippen LogP contribution < -0.4 is 4.74 Å². The molecule has 16 heavy (non-hydrogen) atoms. The van der Waals surface area contributed by atoms with Gasteiger partial charge in [0.15, 0.2) is 6.10 Å². The summed E-state index contributed by atoms with van der Waals surface area (Å²) in [5.41, 5.74) is 1.40. The van der Waals surface area contributed by atoms with Crippen molar-refractivity contribution in [3.63, 3.8) is 0 Å². The number of benzene rings is 1. The van der Waals surface area contributed by atoms with E-state index in [-0.39, 0.29) is 11.3 Å². The van der Waals surface area contributed by atoms with Gasteiger partial charge in [0.2, 0.25) is 0 Å². The molecular formula is C11H13ClF2O2. The summed E-state index contributed by atoms with van der Waals surface area (Å²) in [6.45, 7) is 3.43. The summed E-state index contributed by atoms with van der Waals surface area (Å²) in [5, 5.41) is 5.76. The molecule has 0 aliphatic heterocycles. The summed E-state index contributed by atoms with van der Waals surface area (Å²) >= 11 is 4.82. The Bertz CT molecular complexity index is 388. The Morgan fingerprint density at radius 3 is 2.38 bits per heavy atom. The van der Waals surface area contributed by atoms with Gasteiger partial charge in [-0.3, -0.25) is 0 Å². The van der Waals surface area contributed by atoms with E-state index in [4.69, 9.17) is 16.3 Å². The molecular weight excluding hydrogens is 238 g/mol. The van der Waals surface area contributed by atoms with Crippen LogP contribution >= 0.6 is 11.6 Å². The smallest absolute Gasteiger partial charge is 0.351 e. The van der Waals surface area contributed by atoms with E-state index >= 15 is 0 Å². The first-order valence-corrected chi connectivity index (χ1v) is 5.05. The lowest BCUT2D eigenvalue weighted by atomic mass is 9.99. The van der Waals surface area contributed by atoms with E-state index in [2.05, 4.69) is 0 Å². The van der Waals surface area contributed by atoms with Crippen LogP contribution in [0.25, 0.3) is 0 Å². The van der Waals surface area contributed by atoms with Crippen LogP contribution in [0.5, 0.6) is 5.75 Å². The monoisotopic (exact) mass is 250 g/mol. The molecule has 0 aromatic heterocycles. The lowest BCUT2D eigenvalue weighted by Crippen LogP contribution is -2.20. The van der Waals surface area contributed by atoms with E-state index in [0.717, 1.165) is 5.56 Å². The number of hydrogen-bond donors (Lipinski definition) is 1. The Labute approximate surface area is 97.8 Å². The van der Waals surface area contributed by atoms with Crippen LogP contribution in [-0.2, 0) is 0 Å². The minimum Gasteiger partial charge on any atom is -0.496 e. The Balaban J connectivity index is 3.32. The number of hydrogen-bond acceptors (Lipinski definition) is 2. The largest absolute Gasteiger partial charge is 0.496 e. The number of rotatable bonds is 3. The topological polar surface area (TPSA) is 29.5 Å². The van der Waals surface area contributed by atoms with Gasteiger partial charge in [0.1, 0.15) is 5.75 Å². The van der Waals surface area contributed by atoms with Crippen LogP contribution in [0.3, 0.4) is 0 Å². The third-order valence-electron chi connectivity index (χ3n) is 2.30. The Kier molecular flexibility index (Phi) is 3.76. The summed E-state index contributed by atoms with van der Waals surface area (Å²) in [5.74, 6) is 0.213. The van der Waals surface area contributed by atoms with Crippen molar-refractivity contribution in [2.24, 2.45) is 0 Å². The van der Waals surface area contributed by atoms with E-state index in [0.29, 0.717) is 5.56 Å². The fourth-order valence-electron chi connectivity index (χ4n) is 1.62. The summed E-state index contributed by atoms with van der Waals surface area (Å²) in [4.78, 5) is 0. The van der Waals surface area contributed by atoms with Crippen LogP contribution in [0.2, 0.25) is 0 Å². The molecule has 0 radical (unpaired) electrons. The summed E-state index contributed by atoms with van der Waals surface area (Å²) in [6, 6.07) is 3.26. The van der Waals surface area contributed by atoms with Crippen LogP contribution in [0.4, 0.5) is 8.78 Å². The molecule has 0 saturated carbocycles. The number of aryl methyl sites for hydroxylation is 2.